The number of nitrogens with one attached hydrogen (secondary N) is 3. The number of carbonyl (C=O) groups excluding carboxylic acids is 2. The average Bonchev–Trinajstić information content (AvgIpc) is 2.91. The van der Waals surface area contributed by atoms with Crippen molar-refractivity contribution in [2.45, 2.75) is 31.8 Å². The summed E-state index contributed by atoms with van der Waals surface area (Å²) >= 11 is 0. The molecule has 0 radical (unpaired) electrons. The molecule has 1 heterocycles. The second-order valence-electron chi connectivity index (χ2n) is 5.65. The van der Waals surface area contributed by atoms with E-state index in [1.54, 1.807) is 12.1 Å². The number of hydrogen-bond acceptors (Lipinski definition) is 4. The molecule has 3 atom stereocenters. The van der Waals surface area contributed by atoms with Gasteiger partial charge in [0.25, 0.3) is 0 Å². The van der Waals surface area contributed by atoms with Gasteiger partial charge in [-0.25, -0.2) is 9.82 Å². The molecule has 0 aliphatic carbocycles. The molecule has 6 nitrogen and oxygen atoms in total. The molecule has 2 rings (SSSR count). The van der Waals surface area contributed by atoms with Gasteiger partial charge >= 0.3 is 0 Å². The molecule has 1 saturated heterocycles. The third kappa shape index (κ3) is 4.51. The van der Waals surface area contributed by atoms with Crippen LogP contribution in [0.3, 0.4) is 0 Å². The number of hydrogen-bond donors (Lipinski definition) is 4. The van der Waals surface area contributed by atoms with Crippen LogP contribution in [0.15, 0.2) is 24.3 Å². The fraction of sp³-hybridized carbons (Fsp3) is 0.467. The van der Waals surface area contributed by atoms with Gasteiger partial charge in [0.15, 0.2) is 0 Å². The highest BCUT2D eigenvalue weighted by Gasteiger charge is 2.27. The van der Waals surface area contributed by atoms with E-state index in [-0.39, 0.29) is 30.4 Å². The van der Waals surface area contributed by atoms with E-state index in [1.165, 1.54) is 12.1 Å². The summed E-state index contributed by atoms with van der Waals surface area (Å²) in [6, 6.07) is 5.80. The van der Waals surface area contributed by atoms with Gasteiger partial charge in [0.1, 0.15) is 11.9 Å². The number of benzene rings is 1. The molecule has 0 bridgehead atoms. The summed E-state index contributed by atoms with van der Waals surface area (Å²) in [5.74, 6) is -1.51. The van der Waals surface area contributed by atoms with E-state index in [9.17, 15) is 14.0 Å². The number of hydrazine groups is 1. The molecule has 120 valence electrons. The van der Waals surface area contributed by atoms with Crippen molar-refractivity contribution in [2.24, 2.45) is 11.7 Å². The van der Waals surface area contributed by atoms with Crippen LogP contribution >= 0.6 is 0 Å². The van der Waals surface area contributed by atoms with Crippen molar-refractivity contribution in [3.63, 3.8) is 0 Å². The zero-order valence-electron chi connectivity index (χ0n) is 12.4. The Hall–Kier alpha value is -1.99. The average molecular weight is 308 g/mol. The van der Waals surface area contributed by atoms with Crippen LogP contribution in [0, 0.1) is 11.7 Å². The number of primary amides is 1. The maximum Gasteiger partial charge on any atom is 0.238 e. The van der Waals surface area contributed by atoms with Gasteiger partial charge in [-0.3, -0.25) is 15.0 Å². The van der Waals surface area contributed by atoms with Crippen LogP contribution in [0.2, 0.25) is 0 Å². The highest BCUT2D eigenvalue weighted by atomic mass is 19.1. The molecule has 5 N–H and O–H groups in total. The Labute approximate surface area is 128 Å². The molecule has 1 aliphatic heterocycles. The van der Waals surface area contributed by atoms with E-state index >= 15 is 0 Å². The molecular weight excluding hydrogens is 287 g/mol. The van der Waals surface area contributed by atoms with E-state index in [4.69, 9.17) is 5.73 Å². The standard InChI is InChI=1S/C15H21FN4O2/c1-9-6-13(20-19-9)15(22)18-8-11(14(17)21)7-10-2-4-12(16)5-3-10/h2-5,9,11,13,19-20H,6-8H2,1H3,(H2,17,21)(H,18,22). The number of carbonyl (C=O) groups is 2. The lowest BCUT2D eigenvalue weighted by atomic mass is 9.98. The molecule has 1 aromatic carbocycles. The topological polar surface area (TPSA) is 96.2 Å². The van der Waals surface area contributed by atoms with E-state index in [2.05, 4.69) is 16.2 Å². The van der Waals surface area contributed by atoms with Crippen LogP contribution in [-0.2, 0) is 16.0 Å². The predicted octanol–water partition coefficient (Wildman–Crippen LogP) is -0.159. The van der Waals surface area contributed by atoms with Crippen molar-refractivity contribution in [3.8, 4) is 0 Å². The van der Waals surface area contributed by atoms with E-state index in [1.807, 2.05) is 6.92 Å². The van der Waals surface area contributed by atoms with Crippen molar-refractivity contribution in [3.05, 3.63) is 35.6 Å². The van der Waals surface area contributed by atoms with Gasteiger partial charge in [0.05, 0.1) is 5.92 Å². The second kappa shape index (κ2) is 7.33. The first-order valence-corrected chi connectivity index (χ1v) is 7.28. The monoisotopic (exact) mass is 308 g/mol. The fourth-order valence-electron chi connectivity index (χ4n) is 2.41. The lowest BCUT2D eigenvalue weighted by Crippen LogP contribution is -2.46. The summed E-state index contributed by atoms with van der Waals surface area (Å²) < 4.78 is 12.9. The number of amides is 2. The Morgan fingerprint density at radius 2 is 2.05 bits per heavy atom. The number of halogens is 1. The molecule has 3 unspecified atom stereocenters. The van der Waals surface area contributed by atoms with Crippen LogP contribution < -0.4 is 21.9 Å². The highest BCUT2D eigenvalue weighted by molar-refractivity contribution is 5.83. The summed E-state index contributed by atoms with van der Waals surface area (Å²) in [5, 5.41) is 2.74. The van der Waals surface area contributed by atoms with Gasteiger partial charge in [-0.15, -0.1) is 0 Å². The van der Waals surface area contributed by atoms with Crippen LogP contribution in [0.1, 0.15) is 18.9 Å². The SMILES string of the molecule is CC1CC(C(=O)NCC(Cc2ccc(F)cc2)C(N)=O)NN1. The Morgan fingerprint density at radius 1 is 1.36 bits per heavy atom. The van der Waals surface area contributed by atoms with Gasteiger partial charge in [0.2, 0.25) is 11.8 Å². The summed E-state index contributed by atoms with van der Waals surface area (Å²) in [6.45, 7) is 2.14. The van der Waals surface area contributed by atoms with Crippen LogP contribution in [-0.4, -0.2) is 30.4 Å². The predicted molar refractivity (Wildman–Crippen MR) is 79.9 cm³/mol. The summed E-state index contributed by atoms with van der Waals surface area (Å²) in [5.41, 5.74) is 12.0. The Kier molecular flexibility index (Phi) is 5.46. The number of rotatable bonds is 6. The largest absolute Gasteiger partial charge is 0.369 e. The molecule has 0 spiro atoms. The third-order valence-corrected chi connectivity index (χ3v) is 3.73. The van der Waals surface area contributed by atoms with Crippen molar-refractivity contribution in [1.29, 1.82) is 0 Å². The smallest absolute Gasteiger partial charge is 0.238 e. The molecular formula is C15H21FN4O2. The van der Waals surface area contributed by atoms with Crippen molar-refractivity contribution in [1.82, 2.24) is 16.2 Å². The minimum atomic E-state index is -0.527. The lowest BCUT2D eigenvalue weighted by molar-refractivity contribution is -0.124. The first-order valence-electron chi connectivity index (χ1n) is 7.28. The number of nitrogens with two attached hydrogens (primary N) is 1. The second-order valence-corrected chi connectivity index (χ2v) is 5.65. The van der Waals surface area contributed by atoms with Crippen LogP contribution in [0.25, 0.3) is 0 Å². The van der Waals surface area contributed by atoms with Gasteiger partial charge in [-0.05, 0) is 37.5 Å². The molecule has 2 amide bonds. The van der Waals surface area contributed by atoms with Gasteiger partial charge in [-0.1, -0.05) is 12.1 Å². The van der Waals surface area contributed by atoms with Gasteiger partial charge in [0, 0.05) is 12.6 Å². The molecule has 7 heteroatoms. The summed E-state index contributed by atoms with van der Waals surface area (Å²) in [4.78, 5) is 23.5. The lowest BCUT2D eigenvalue weighted by Gasteiger charge is -2.16. The quantitative estimate of drug-likeness (QED) is 0.587. The molecule has 1 aromatic rings. The molecule has 1 aliphatic rings. The maximum absolute atomic E-state index is 12.9. The third-order valence-electron chi connectivity index (χ3n) is 3.73. The zero-order valence-corrected chi connectivity index (χ0v) is 12.4. The fourth-order valence-corrected chi connectivity index (χ4v) is 2.41. The molecule has 22 heavy (non-hydrogen) atoms. The summed E-state index contributed by atoms with van der Waals surface area (Å²) in [6.07, 6.45) is 1.05. The van der Waals surface area contributed by atoms with E-state index < -0.39 is 11.8 Å². The Morgan fingerprint density at radius 3 is 2.59 bits per heavy atom. The minimum Gasteiger partial charge on any atom is -0.369 e. The minimum absolute atomic E-state index is 0.165. The molecule has 1 fully saturated rings. The normalized spacial score (nSPS) is 22.3. The first-order chi connectivity index (χ1) is 10.5. The van der Waals surface area contributed by atoms with Gasteiger partial charge in [-0.2, -0.15) is 0 Å². The zero-order chi connectivity index (χ0) is 16.1. The van der Waals surface area contributed by atoms with Crippen LogP contribution in [0.5, 0.6) is 0 Å². The Balaban J connectivity index is 1.87. The van der Waals surface area contributed by atoms with Gasteiger partial charge < -0.3 is 11.1 Å². The van der Waals surface area contributed by atoms with Crippen molar-refractivity contribution >= 4 is 11.8 Å². The molecule has 0 aromatic heterocycles. The highest BCUT2D eigenvalue weighted by Crippen LogP contribution is 2.10. The Bertz CT molecular complexity index is 535. The van der Waals surface area contributed by atoms with Crippen molar-refractivity contribution in [2.75, 3.05) is 6.54 Å². The maximum atomic E-state index is 12.9. The van der Waals surface area contributed by atoms with Crippen molar-refractivity contribution < 1.29 is 14.0 Å². The van der Waals surface area contributed by atoms with Crippen LogP contribution in [0.4, 0.5) is 4.39 Å². The summed E-state index contributed by atoms with van der Waals surface area (Å²) in [7, 11) is 0. The molecule has 0 saturated carbocycles. The van der Waals surface area contributed by atoms with E-state index in [0.29, 0.717) is 12.8 Å². The first kappa shape index (κ1) is 16.4. The van der Waals surface area contributed by atoms with E-state index in [0.717, 1.165) is 5.56 Å².